The molecule has 5 nitrogen and oxygen atoms in total. The number of ketones is 2. The van der Waals surface area contributed by atoms with Crippen LogP contribution in [-0.4, -0.2) is 26.5 Å². The lowest BCUT2D eigenvalue weighted by atomic mass is 9.99. The van der Waals surface area contributed by atoms with Crippen LogP contribution in [-0.2, 0) is 7.05 Å². The van der Waals surface area contributed by atoms with Gasteiger partial charge >= 0.3 is 0 Å². The molecule has 3 aromatic rings. The molecule has 0 spiro atoms. The van der Waals surface area contributed by atoms with Gasteiger partial charge < -0.3 is 5.11 Å². The summed E-state index contributed by atoms with van der Waals surface area (Å²) in [5.41, 5.74) is 2.14. The molecule has 5 heteroatoms. The van der Waals surface area contributed by atoms with Gasteiger partial charge in [0.15, 0.2) is 11.6 Å². The van der Waals surface area contributed by atoms with Crippen molar-refractivity contribution in [2.75, 3.05) is 0 Å². The van der Waals surface area contributed by atoms with Crippen LogP contribution < -0.4 is 0 Å². The smallest absolute Gasteiger partial charge is 0.220 e. The predicted molar refractivity (Wildman–Crippen MR) is 89.4 cm³/mol. The Morgan fingerprint density at radius 2 is 1.38 bits per heavy atom. The summed E-state index contributed by atoms with van der Waals surface area (Å²) in [5.74, 6) is -0.589. The summed E-state index contributed by atoms with van der Waals surface area (Å²) in [6.07, 6.45) is 0. The molecule has 1 heterocycles. The molecule has 0 saturated carbocycles. The van der Waals surface area contributed by atoms with Crippen LogP contribution in [0.25, 0.3) is 0 Å². The van der Waals surface area contributed by atoms with Crippen LogP contribution in [0.4, 0.5) is 0 Å². The first-order valence-corrected chi connectivity index (χ1v) is 7.46. The highest BCUT2D eigenvalue weighted by atomic mass is 16.3. The Kier molecular flexibility index (Phi) is 4.00. The summed E-state index contributed by atoms with van der Waals surface area (Å²) in [6.45, 7) is 1.67. The van der Waals surface area contributed by atoms with Gasteiger partial charge in [-0.2, -0.15) is 5.10 Å². The minimum atomic E-state index is -0.322. The monoisotopic (exact) mass is 320 g/mol. The normalized spacial score (nSPS) is 10.6. The summed E-state index contributed by atoms with van der Waals surface area (Å²) in [6, 6.07) is 15.4. The molecule has 2 aromatic carbocycles. The van der Waals surface area contributed by atoms with E-state index in [1.165, 1.54) is 4.68 Å². The standard InChI is InChI=1S/C19H16N2O3/c1-12-16(19(24)21(2)20-12)18(23)15-10-8-14(9-11-15)17(22)13-6-4-3-5-7-13/h3-11,24H,1-2H3. The van der Waals surface area contributed by atoms with Crippen LogP contribution in [0, 0.1) is 6.92 Å². The average molecular weight is 320 g/mol. The molecular weight excluding hydrogens is 304 g/mol. The first kappa shape index (κ1) is 15.7. The van der Waals surface area contributed by atoms with Gasteiger partial charge in [0, 0.05) is 23.7 Å². The fraction of sp³-hybridized carbons (Fsp3) is 0.105. The molecule has 0 bridgehead atoms. The van der Waals surface area contributed by atoms with Crippen LogP contribution in [0.15, 0.2) is 54.6 Å². The third-order valence-electron chi connectivity index (χ3n) is 3.86. The quantitative estimate of drug-likeness (QED) is 0.750. The molecule has 1 aromatic heterocycles. The second-order valence-electron chi connectivity index (χ2n) is 5.51. The van der Waals surface area contributed by atoms with E-state index in [1.54, 1.807) is 62.5 Å². The van der Waals surface area contributed by atoms with Crippen molar-refractivity contribution in [3.05, 3.63) is 82.5 Å². The Balaban J connectivity index is 1.90. The lowest BCUT2D eigenvalue weighted by Crippen LogP contribution is -2.05. The van der Waals surface area contributed by atoms with Gasteiger partial charge in [0.2, 0.25) is 5.88 Å². The van der Waals surface area contributed by atoms with Gasteiger partial charge in [-0.1, -0.05) is 54.6 Å². The molecule has 0 aliphatic heterocycles. The number of nitrogens with zero attached hydrogens (tertiary/aromatic N) is 2. The Morgan fingerprint density at radius 3 is 1.88 bits per heavy atom. The van der Waals surface area contributed by atoms with Crippen molar-refractivity contribution in [1.82, 2.24) is 9.78 Å². The largest absolute Gasteiger partial charge is 0.493 e. The van der Waals surface area contributed by atoms with Gasteiger partial charge in [-0.05, 0) is 6.92 Å². The minimum absolute atomic E-state index is 0.102. The molecule has 0 unspecified atom stereocenters. The fourth-order valence-electron chi connectivity index (χ4n) is 2.59. The van der Waals surface area contributed by atoms with Crippen molar-refractivity contribution in [3.8, 4) is 5.88 Å². The second-order valence-corrected chi connectivity index (χ2v) is 5.51. The van der Waals surface area contributed by atoms with E-state index in [9.17, 15) is 14.7 Å². The second kappa shape index (κ2) is 6.12. The van der Waals surface area contributed by atoms with Gasteiger partial charge in [-0.3, -0.25) is 9.59 Å². The summed E-state index contributed by atoms with van der Waals surface area (Å²) < 4.78 is 1.26. The average Bonchev–Trinajstić information content (AvgIpc) is 2.87. The highest BCUT2D eigenvalue weighted by Crippen LogP contribution is 2.23. The highest BCUT2D eigenvalue weighted by Gasteiger charge is 2.21. The molecule has 0 radical (unpaired) electrons. The van der Waals surface area contributed by atoms with Crippen LogP contribution in [0.1, 0.15) is 37.5 Å². The van der Waals surface area contributed by atoms with Gasteiger partial charge in [0.05, 0.1) is 5.69 Å². The van der Waals surface area contributed by atoms with Crippen LogP contribution >= 0.6 is 0 Å². The summed E-state index contributed by atoms with van der Waals surface area (Å²) >= 11 is 0. The molecule has 0 atom stereocenters. The Morgan fingerprint density at radius 1 is 0.875 bits per heavy atom. The summed E-state index contributed by atoms with van der Waals surface area (Å²) in [5, 5.41) is 14.0. The van der Waals surface area contributed by atoms with Gasteiger partial charge in [-0.15, -0.1) is 0 Å². The lowest BCUT2D eigenvalue weighted by molar-refractivity contribution is 0.102. The van der Waals surface area contributed by atoms with E-state index in [4.69, 9.17) is 0 Å². The first-order valence-electron chi connectivity index (χ1n) is 7.46. The van der Waals surface area contributed by atoms with Gasteiger partial charge in [0.25, 0.3) is 0 Å². The zero-order valence-corrected chi connectivity index (χ0v) is 13.4. The zero-order chi connectivity index (χ0) is 17.3. The van der Waals surface area contributed by atoms with Crippen molar-refractivity contribution in [2.24, 2.45) is 7.05 Å². The topological polar surface area (TPSA) is 72.2 Å². The zero-order valence-electron chi connectivity index (χ0n) is 13.4. The van der Waals surface area contributed by atoms with E-state index in [0.717, 1.165) is 0 Å². The molecule has 0 amide bonds. The molecule has 0 saturated heterocycles. The van der Waals surface area contributed by atoms with Crippen molar-refractivity contribution in [1.29, 1.82) is 0 Å². The lowest BCUT2D eigenvalue weighted by Gasteiger charge is -2.04. The third kappa shape index (κ3) is 2.72. The molecule has 3 rings (SSSR count). The van der Waals surface area contributed by atoms with E-state index in [1.807, 2.05) is 6.07 Å². The number of aromatic nitrogens is 2. The van der Waals surface area contributed by atoms with Gasteiger partial charge in [0.1, 0.15) is 5.56 Å². The molecule has 1 N–H and O–H groups in total. The Labute approximate surface area is 139 Å². The Bertz CT molecular complexity index is 910. The number of aromatic hydroxyl groups is 1. The molecule has 0 aliphatic carbocycles. The van der Waals surface area contributed by atoms with E-state index in [-0.39, 0.29) is 23.0 Å². The highest BCUT2D eigenvalue weighted by molar-refractivity contribution is 6.12. The van der Waals surface area contributed by atoms with Crippen LogP contribution in [0.2, 0.25) is 0 Å². The minimum Gasteiger partial charge on any atom is -0.493 e. The molecular formula is C19H16N2O3. The maximum atomic E-state index is 12.6. The van der Waals surface area contributed by atoms with E-state index < -0.39 is 0 Å². The third-order valence-corrected chi connectivity index (χ3v) is 3.86. The summed E-state index contributed by atoms with van der Waals surface area (Å²) in [4.78, 5) is 24.9. The fourth-order valence-corrected chi connectivity index (χ4v) is 2.59. The van der Waals surface area contributed by atoms with Crippen LogP contribution in [0.3, 0.4) is 0 Å². The number of hydrogen-bond donors (Lipinski definition) is 1. The number of carbonyl (C=O) groups is 2. The number of aryl methyl sites for hydroxylation is 2. The molecule has 0 aliphatic rings. The summed E-state index contributed by atoms with van der Waals surface area (Å²) in [7, 11) is 1.57. The molecule has 0 fully saturated rings. The van der Waals surface area contributed by atoms with Crippen molar-refractivity contribution < 1.29 is 14.7 Å². The van der Waals surface area contributed by atoms with E-state index >= 15 is 0 Å². The number of rotatable bonds is 4. The maximum absolute atomic E-state index is 12.6. The maximum Gasteiger partial charge on any atom is 0.220 e. The van der Waals surface area contributed by atoms with E-state index in [2.05, 4.69) is 5.10 Å². The van der Waals surface area contributed by atoms with E-state index in [0.29, 0.717) is 22.4 Å². The molecule has 120 valence electrons. The first-order chi connectivity index (χ1) is 11.5. The number of carbonyl (C=O) groups excluding carboxylic acids is 2. The SMILES string of the molecule is Cc1nn(C)c(O)c1C(=O)c1ccc(C(=O)c2ccccc2)cc1. The van der Waals surface area contributed by atoms with Crippen molar-refractivity contribution >= 4 is 11.6 Å². The molecule has 24 heavy (non-hydrogen) atoms. The van der Waals surface area contributed by atoms with Gasteiger partial charge in [-0.25, -0.2) is 4.68 Å². The van der Waals surface area contributed by atoms with Crippen LogP contribution in [0.5, 0.6) is 5.88 Å². The number of benzene rings is 2. The van der Waals surface area contributed by atoms with Crippen molar-refractivity contribution in [2.45, 2.75) is 6.92 Å². The Hall–Kier alpha value is -3.21. The predicted octanol–water partition coefficient (Wildman–Crippen LogP) is 2.90. The number of hydrogen-bond acceptors (Lipinski definition) is 4. The van der Waals surface area contributed by atoms with Crippen molar-refractivity contribution in [3.63, 3.8) is 0 Å².